The van der Waals surface area contributed by atoms with Gasteiger partial charge in [0.15, 0.2) is 0 Å². The van der Waals surface area contributed by atoms with E-state index in [1.807, 2.05) is 27.7 Å². The number of carbonyl (C=O) groups is 2. The van der Waals surface area contributed by atoms with E-state index in [0.717, 1.165) is 5.01 Å². The van der Waals surface area contributed by atoms with Gasteiger partial charge in [-0.3, -0.25) is 14.9 Å². The predicted molar refractivity (Wildman–Crippen MR) is 87.1 cm³/mol. The Hall–Kier alpha value is -2.28. The maximum atomic E-state index is 12.1. The molecule has 2 rings (SSSR count). The second-order valence-electron chi connectivity index (χ2n) is 5.86. The predicted octanol–water partition coefficient (Wildman–Crippen LogP) is 3.08. The molecule has 0 bridgehead atoms. The number of hydrogen-bond acceptors (Lipinski definition) is 5. The van der Waals surface area contributed by atoms with E-state index in [1.54, 1.807) is 24.3 Å². The highest BCUT2D eigenvalue weighted by molar-refractivity contribution is 7.15. The Balaban J connectivity index is 2.02. The van der Waals surface area contributed by atoms with Gasteiger partial charge in [0, 0.05) is 16.7 Å². The van der Waals surface area contributed by atoms with Gasteiger partial charge >= 0.3 is 0 Å². The summed E-state index contributed by atoms with van der Waals surface area (Å²) in [7, 11) is 0. The van der Waals surface area contributed by atoms with E-state index >= 15 is 0 Å². The highest BCUT2D eigenvalue weighted by Crippen LogP contribution is 2.19. The van der Waals surface area contributed by atoms with Crippen LogP contribution in [0.1, 0.15) is 36.1 Å². The van der Waals surface area contributed by atoms with Gasteiger partial charge in [-0.25, -0.2) is 0 Å². The second-order valence-corrected chi connectivity index (χ2v) is 7.04. The monoisotopic (exact) mass is 318 g/mol. The van der Waals surface area contributed by atoms with Gasteiger partial charge in [-0.1, -0.05) is 32.1 Å². The summed E-state index contributed by atoms with van der Waals surface area (Å²) in [4.78, 5) is 23.9. The van der Waals surface area contributed by atoms with Crippen LogP contribution < -0.4 is 10.6 Å². The molecular weight excluding hydrogens is 300 g/mol. The van der Waals surface area contributed by atoms with Gasteiger partial charge < -0.3 is 5.32 Å². The number of benzene rings is 1. The Labute approximate surface area is 133 Å². The second kappa shape index (κ2) is 6.23. The van der Waals surface area contributed by atoms with E-state index in [-0.39, 0.29) is 11.8 Å². The van der Waals surface area contributed by atoms with Crippen molar-refractivity contribution in [3.63, 3.8) is 0 Å². The highest BCUT2D eigenvalue weighted by atomic mass is 32.1. The van der Waals surface area contributed by atoms with E-state index in [0.29, 0.717) is 16.4 Å². The molecule has 2 aromatic rings. The van der Waals surface area contributed by atoms with Crippen LogP contribution in [-0.4, -0.2) is 22.0 Å². The number of nitrogens with one attached hydrogen (secondary N) is 2. The lowest BCUT2D eigenvalue weighted by Gasteiger charge is -2.17. The minimum atomic E-state index is -0.467. The molecule has 0 aliphatic rings. The van der Waals surface area contributed by atoms with E-state index < -0.39 is 5.41 Å². The van der Waals surface area contributed by atoms with E-state index in [4.69, 9.17) is 0 Å². The molecule has 0 saturated heterocycles. The normalized spacial score (nSPS) is 11.1. The zero-order valence-electron chi connectivity index (χ0n) is 12.9. The highest BCUT2D eigenvalue weighted by Gasteiger charge is 2.21. The van der Waals surface area contributed by atoms with Gasteiger partial charge in [0.25, 0.3) is 5.91 Å². The molecule has 0 atom stereocenters. The molecule has 2 amide bonds. The summed E-state index contributed by atoms with van der Waals surface area (Å²) in [6.45, 7) is 7.34. The summed E-state index contributed by atoms with van der Waals surface area (Å²) in [6.07, 6.45) is 0. The molecule has 116 valence electrons. The van der Waals surface area contributed by atoms with Crippen LogP contribution in [0.25, 0.3) is 0 Å². The third-order valence-electron chi connectivity index (χ3n) is 2.83. The SMILES string of the molecule is Cc1nnc(NC(=O)c2ccc(NC(=O)C(C)(C)C)cc2)s1. The molecule has 0 saturated carbocycles. The standard InChI is InChI=1S/C15H18N4O2S/c1-9-18-19-14(22-9)17-12(20)10-5-7-11(8-6-10)16-13(21)15(2,3)4/h5-8H,1-4H3,(H,16,21)(H,17,19,20). The van der Waals surface area contributed by atoms with Crippen molar-refractivity contribution in [1.82, 2.24) is 10.2 Å². The number of hydrogen-bond donors (Lipinski definition) is 2. The van der Waals surface area contributed by atoms with E-state index in [2.05, 4.69) is 20.8 Å². The zero-order valence-corrected chi connectivity index (χ0v) is 13.7. The summed E-state index contributed by atoms with van der Waals surface area (Å²) in [5.74, 6) is -0.334. The quantitative estimate of drug-likeness (QED) is 0.911. The minimum Gasteiger partial charge on any atom is -0.326 e. The largest absolute Gasteiger partial charge is 0.326 e. The average molecular weight is 318 g/mol. The molecule has 0 radical (unpaired) electrons. The Morgan fingerprint density at radius 3 is 2.18 bits per heavy atom. The fraction of sp³-hybridized carbons (Fsp3) is 0.333. The Bertz CT molecular complexity index is 686. The Morgan fingerprint density at radius 1 is 1.05 bits per heavy atom. The van der Waals surface area contributed by atoms with Crippen molar-refractivity contribution in [3.8, 4) is 0 Å². The molecule has 0 fully saturated rings. The fourth-order valence-electron chi connectivity index (χ4n) is 1.54. The maximum Gasteiger partial charge on any atom is 0.257 e. The maximum absolute atomic E-state index is 12.1. The van der Waals surface area contributed by atoms with Crippen LogP contribution >= 0.6 is 11.3 Å². The number of rotatable bonds is 3. The van der Waals surface area contributed by atoms with Crippen molar-refractivity contribution < 1.29 is 9.59 Å². The summed E-state index contributed by atoms with van der Waals surface area (Å²) < 4.78 is 0. The molecule has 22 heavy (non-hydrogen) atoms. The summed E-state index contributed by atoms with van der Waals surface area (Å²) in [6, 6.07) is 6.71. The first-order chi connectivity index (χ1) is 10.3. The summed E-state index contributed by atoms with van der Waals surface area (Å²) in [5, 5.41) is 14.4. The first kappa shape index (κ1) is 16.1. The first-order valence-corrected chi connectivity index (χ1v) is 7.60. The van der Waals surface area contributed by atoms with Gasteiger partial charge in [-0.05, 0) is 31.2 Å². The minimum absolute atomic E-state index is 0.0750. The van der Waals surface area contributed by atoms with Crippen molar-refractivity contribution in [2.24, 2.45) is 5.41 Å². The van der Waals surface area contributed by atoms with Crippen LogP contribution in [0, 0.1) is 12.3 Å². The molecule has 1 aromatic heterocycles. The molecule has 7 heteroatoms. The Kier molecular flexibility index (Phi) is 4.56. The molecule has 1 aromatic carbocycles. The lowest BCUT2D eigenvalue weighted by atomic mass is 9.95. The van der Waals surface area contributed by atoms with E-state index in [1.165, 1.54) is 11.3 Å². The van der Waals surface area contributed by atoms with Crippen molar-refractivity contribution in [1.29, 1.82) is 0 Å². The molecule has 0 unspecified atom stereocenters. The van der Waals surface area contributed by atoms with Crippen LogP contribution in [0.3, 0.4) is 0 Å². The number of aromatic nitrogens is 2. The van der Waals surface area contributed by atoms with Gasteiger partial charge in [-0.2, -0.15) is 0 Å². The van der Waals surface area contributed by atoms with Crippen molar-refractivity contribution in [2.75, 3.05) is 10.6 Å². The van der Waals surface area contributed by atoms with Crippen molar-refractivity contribution in [2.45, 2.75) is 27.7 Å². The lowest BCUT2D eigenvalue weighted by Crippen LogP contribution is -2.27. The van der Waals surface area contributed by atoms with Gasteiger partial charge in [0.1, 0.15) is 5.01 Å². The number of amides is 2. The number of carbonyl (C=O) groups excluding carboxylic acids is 2. The van der Waals surface area contributed by atoms with Gasteiger partial charge in [0.05, 0.1) is 0 Å². The number of anilines is 2. The molecule has 0 spiro atoms. The number of aryl methyl sites for hydroxylation is 1. The van der Waals surface area contributed by atoms with Crippen LogP contribution in [0.4, 0.5) is 10.8 Å². The zero-order chi connectivity index (χ0) is 16.3. The molecular formula is C15H18N4O2S. The average Bonchev–Trinajstić information content (AvgIpc) is 2.83. The third-order valence-corrected chi connectivity index (χ3v) is 3.59. The van der Waals surface area contributed by atoms with Crippen molar-refractivity contribution in [3.05, 3.63) is 34.8 Å². The molecule has 2 N–H and O–H groups in total. The third kappa shape index (κ3) is 4.11. The molecule has 0 aliphatic carbocycles. The molecule has 6 nitrogen and oxygen atoms in total. The summed E-state index contributed by atoms with van der Waals surface area (Å²) >= 11 is 1.31. The first-order valence-electron chi connectivity index (χ1n) is 6.79. The fourth-order valence-corrected chi connectivity index (χ4v) is 2.13. The topological polar surface area (TPSA) is 84.0 Å². The van der Waals surface area contributed by atoms with Crippen LogP contribution in [-0.2, 0) is 4.79 Å². The lowest BCUT2D eigenvalue weighted by molar-refractivity contribution is -0.123. The van der Waals surface area contributed by atoms with Crippen LogP contribution in [0.15, 0.2) is 24.3 Å². The smallest absolute Gasteiger partial charge is 0.257 e. The Morgan fingerprint density at radius 2 is 1.68 bits per heavy atom. The molecule has 0 aliphatic heterocycles. The van der Waals surface area contributed by atoms with Crippen LogP contribution in [0.2, 0.25) is 0 Å². The molecule has 1 heterocycles. The van der Waals surface area contributed by atoms with E-state index in [9.17, 15) is 9.59 Å². The van der Waals surface area contributed by atoms with Gasteiger partial charge in [0.2, 0.25) is 11.0 Å². The van der Waals surface area contributed by atoms with Crippen LogP contribution in [0.5, 0.6) is 0 Å². The summed E-state index contributed by atoms with van der Waals surface area (Å²) in [5.41, 5.74) is 0.677. The van der Waals surface area contributed by atoms with Gasteiger partial charge in [-0.15, -0.1) is 10.2 Å². The number of nitrogens with zero attached hydrogens (tertiary/aromatic N) is 2. The van der Waals surface area contributed by atoms with Crippen molar-refractivity contribution >= 4 is 34.0 Å².